The number of hydrogen-bond acceptors (Lipinski definition) is 5. The lowest BCUT2D eigenvalue weighted by Gasteiger charge is -2.37. The molecule has 1 heterocycles. The van der Waals surface area contributed by atoms with Crippen LogP contribution in [0, 0.1) is 6.92 Å². The van der Waals surface area contributed by atoms with E-state index in [1.807, 2.05) is 39.8 Å². The Hall–Kier alpha value is -2.44. The number of carboxylic acids is 1. The number of amides is 1. The van der Waals surface area contributed by atoms with E-state index >= 15 is 0 Å². The van der Waals surface area contributed by atoms with E-state index in [1.165, 1.54) is 0 Å². The number of aliphatic carboxylic acids is 1. The van der Waals surface area contributed by atoms with E-state index in [4.69, 9.17) is 15.6 Å². The van der Waals surface area contributed by atoms with Gasteiger partial charge in [-0.05, 0) is 51.0 Å². The van der Waals surface area contributed by atoms with E-state index in [9.17, 15) is 9.59 Å². The molecule has 0 aromatic heterocycles. The van der Waals surface area contributed by atoms with Gasteiger partial charge in [0.15, 0.2) is 0 Å². The molecular weight excluding hydrogens is 322 g/mol. The molecule has 0 bridgehead atoms. The predicted octanol–water partition coefficient (Wildman–Crippen LogP) is 2.26. The van der Waals surface area contributed by atoms with Crippen LogP contribution in [0.15, 0.2) is 12.1 Å². The van der Waals surface area contributed by atoms with E-state index < -0.39 is 11.6 Å². The molecule has 1 aliphatic heterocycles. The second-order valence-electron chi connectivity index (χ2n) is 7.34. The average molecular weight is 349 g/mol. The molecule has 7 heteroatoms. The summed E-state index contributed by atoms with van der Waals surface area (Å²) < 4.78 is 5.40. The Balaban J connectivity index is 2.06. The van der Waals surface area contributed by atoms with Crippen LogP contribution in [0.2, 0.25) is 0 Å². The highest BCUT2D eigenvalue weighted by atomic mass is 16.6. The smallest absolute Gasteiger partial charge is 0.410 e. The summed E-state index contributed by atoms with van der Waals surface area (Å²) in [5, 5.41) is 9.06. The van der Waals surface area contributed by atoms with Crippen molar-refractivity contribution >= 4 is 23.4 Å². The standard InChI is InChI=1S/C18H27N3O4/c1-12-13(10-16(22)23)9-14(11-15(12)19)20-5-7-21(8-6-20)17(24)25-18(2,3)4/h9,11H,5-8,10,19H2,1-4H3,(H,22,23). The van der Waals surface area contributed by atoms with Crippen LogP contribution in [-0.2, 0) is 16.0 Å². The van der Waals surface area contributed by atoms with Gasteiger partial charge >= 0.3 is 12.1 Å². The van der Waals surface area contributed by atoms with Gasteiger partial charge in [-0.3, -0.25) is 4.79 Å². The molecule has 1 saturated heterocycles. The summed E-state index contributed by atoms with van der Waals surface area (Å²) in [6.07, 6.45) is -0.357. The lowest BCUT2D eigenvalue weighted by molar-refractivity contribution is -0.136. The third kappa shape index (κ3) is 5.01. The third-order valence-corrected chi connectivity index (χ3v) is 4.18. The van der Waals surface area contributed by atoms with Crippen molar-refractivity contribution in [2.75, 3.05) is 36.8 Å². The number of ether oxygens (including phenoxy) is 1. The van der Waals surface area contributed by atoms with Crippen molar-refractivity contribution in [3.63, 3.8) is 0 Å². The fraction of sp³-hybridized carbons (Fsp3) is 0.556. The Morgan fingerprint density at radius 3 is 2.32 bits per heavy atom. The molecule has 0 saturated carbocycles. The number of piperazine rings is 1. The normalized spacial score (nSPS) is 15.2. The molecule has 3 N–H and O–H groups in total. The lowest BCUT2D eigenvalue weighted by Crippen LogP contribution is -2.50. The molecule has 1 aromatic rings. The van der Waals surface area contributed by atoms with Crippen molar-refractivity contribution in [3.05, 3.63) is 23.3 Å². The second kappa shape index (κ2) is 7.21. The van der Waals surface area contributed by atoms with Crippen LogP contribution in [0.1, 0.15) is 31.9 Å². The molecule has 1 amide bonds. The zero-order valence-corrected chi connectivity index (χ0v) is 15.3. The largest absolute Gasteiger partial charge is 0.481 e. The molecule has 0 unspecified atom stereocenters. The molecule has 0 aliphatic carbocycles. The summed E-state index contributed by atoms with van der Waals surface area (Å²) in [5.74, 6) is -0.880. The van der Waals surface area contributed by atoms with Crippen molar-refractivity contribution in [1.82, 2.24) is 4.90 Å². The summed E-state index contributed by atoms with van der Waals surface area (Å²) in [6.45, 7) is 9.77. The molecule has 0 radical (unpaired) electrons. The van der Waals surface area contributed by atoms with Gasteiger partial charge in [0, 0.05) is 37.6 Å². The summed E-state index contributed by atoms with van der Waals surface area (Å²) in [5.41, 5.74) is 8.54. The summed E-state index contributed by atoms with van der Waals surface area (Å²) >= 11 is 0. The summed E-state index contributed by atoms with van der Waals surface area (Å²) in [4.78, 5) is 27.0. The van der Waals surface area contributed by atoms with Crippen LogP contribution in [0.3, 0.4) is 0 Å². The van der Waals surface area contributed by atoms with Crippen molar-refractivity contribution in [1.29, 1.82) is 0 Å². The van der Waals surface area contributed by atoms with Gasteiger partial charge in [0.25, 0.3) is 0 Å². The predicted molar refractivity (Wildman–Crippen MR) is 97.0 cm³/mol. The SMILES string of the molecule is Cc1c(N)cc(N2CCN(C(=O)OC(C)(C)C)CC2)cc1CC(=O)O. The summed E-state index contributed by atoms with van der Waals surface area (Å²) in [6, 6.07) is 3.74. The molecule has 0 spiro atoms. The first kappa shape index (κ1) is 18.9. The molecule has 25 heavy (non-hydrogen) atoms. The molecule has 1 aromatic carbocycles. The number of benzene rings is 1. The molecule has 138 valence electrons. The zero-order valence-electron chi connectivity index (χ0n) is 15.3. The van der Waals surface area contributed by atoms with Crippen LogP contribution in [-0.4, -0.2) is 53.8 Å². The highest BCUT2D eigenvalue weighted by Gasteiger charge is 2.26. The zero-order chi connectivity index (χ0) is 18.8. The lowest BCUT2D eigenvalue weighted by atomic mass is 10.0. The minimum absolute atomic E-state index is 0.0538. The van der Waals surface area contributed by atoms with Crippen molar-refractivity contribution in [3.8, 4) is 0 Å². The minimum atomic E-state index is -0.880. The maximum absolute atomic E-state index is 12.1. The number of nitrogens with zero attached hydrogens (tertiary/aromatic N) is 2. The van der Waals surface area contributed by atoms with Gasteiger partial charge in [-0.2, -0.15) is 0 Å². The summed E-state index contributed by atoms with van der Waals surface area (Å²) in [7, 11) is 0. The fourth-order valence-corrected chi connectivity index (χ4v) is 2.78. The van der Waals surface area contributed by atoms with Gasteiger partial charge in [-0.25, -0.2) is 4.79 Å². The minimum Gasteiger partial charge on any atom is -0.481 e. The van der Waals surface area contributed by atoms with E-state index in [-0.39, 0.29) is 12.5 Å². The van der Waals surface area contributed by atoms with Crippen LogP contribution in [0.4, 0.5) is 16.2 Å². The maximum Gasteiger partial charge on any atom is 0.410 e. The first-order valence-electron chi connectivity index (χ1n) is 8.40. The third-order valence-electron chi connectivity index (χ3n) is 4.18. The topological polar surface area (TPSA) is 96.1 Å². The highest BCUT2D eigenvalue weighted by molar-refractivity contribution is 5.74. The van der Waals surface area contributed by atoms with Crippen molar-refractivity contribution in [2.24, 2.45) is 0 Å². The van der Waals surface area contributed by atoms with E-state index in [2.05, 4.69) is 4.90 Å². The number of carbonyl (C=O) groups is 2. The number of hydrogen-bond donors (Lipinski definition) is 2. The van der Waals surface area contributed by atoms with Crippen LogP contribution >= 0.6 is 0 Å². The van der Waals surface area contributed by atoms with Crippen LogP contribution < -0.4 is 10.6 Å². The van der Waals surface area contributed by atoms with E-state index in [0.29, 0.717) is 31.9 Å². The molecule has 7 nitrogen and oxygen atoms in total. The monoisotopic (exact) mass is 349 g/mol. The van der Waals surface area contributed by atoms with Gasteiger partial charge in [0.1, 0.15) is 5.60 Å². The number of nitrogen functional groups attached to an aromatic ring is 1. The van der Waals surface area contributed by atoms with Crippen LogP contribution in [0.5, 0.6) is 0 Å². The number of nitrogens with two attached hydrogens (primary N) is 1. The van der Waals surface area contributed by atoms with Crippen molar-refractivity contribution < 1.29 is 19.4 Å². The molecule has 2 rings (SSSR count). The van der Waals surface area contributed by atoms with Crippen molar-refractivity contribution in [2.45, 2.75) is 39.7 Å². The fourth-order valence-electron chi connectivity index (χ4n) is 2.78. The molecule has 0 atom stereocenters. The Kier molecular flexibility index (Phi) is 5.45. The highest BCUT2D eigenvalue weighted by Crippen LogP contribution is 2.27. The number of carboxylic acid groups (broad SMARTS) is 1. The first-order chi connectivity index (χ1) is 11.6. The molecule has 1 aliphatic rings. The maximum atomic E-state index is 12.1. The Bertz CT molecular complexity index is 659. The first-order valence-corrected chi connectivity index (χ1v) is 8.40. The van der Waals surface area contributed by atoms with Gasteiger partial charge in [-0.15, -0.1) is 0 Å². The molecule has 1 fully saturated rings. The van der Waals surface area contributed by atoms with Crippen LogP contribution in [0.25, 0.3) is 0 Å². The van der Waals surface area contributed by atoms with Gasteiger partial charge in [0.05, 0.1) is 6.42 Å². The number of rotatable bonds is 3. The Labute approximate surface area is 148 Å². The molecular formula is C18H27N3O4. The van der Waals surface area contributed by atoms with E-state index in [1.54, 1.807) is 4.90 Å². The van der Waals surface area contributed by atoms with Gasteiger partial charge in [0.2, 0.25) is 0 Å². The number of carbonyl (C=O) groups excluding carboxylic acids is 1. The number of anilines is 2. The second-order valence-corrected chi connectivity index (χ2v) is 7.34. The Morgan fingerprint density at radius 1 is 1.20 bits per heavy atom. The quantitative estimate of drug-likeness (QED) is 0.813. The Morgan fingerprint density at radius 2 is 1.80 bits per heavy atom. The van der Waals surface area contributed by atoms with E-state index in [0.717, 1.165) is 16.8 Å². The van der Waals surface area contributed by atoms with Gasteiger partial charge in [-0.1, -0.05) is 0 Å². The van der Waals surface area contributed by atoms with Gasteiger partial charge < -0.3 is 25.4 Å². The average Bonchev–Trinajstić information content (AvgIpc) is 2.49.